The molecule has 1 unspecified atom stereocenters. The Bertz CT molecular complexity index is 1420. The van der Waals surface area contributed by atoms with E-state index in [4.69, 9.17) is 14.2 Å². The van der Waals surface area contributed by atoms with E-state index in [0.717, 1.165) is 11.1 Å². The Kier molecular flexibility index (Phi) is 7.02. The second-order valence-corrected chi connectivity index (χ2v) is 8.65. The molecule has 0 aromatic heterocycles. The normalized spacial score (nSPS) is 16.6. The highest BCUT2D eigenvalue weighted by atomic mass is 16.5. The smallest absolute Gasteiger partial charge is 0.337 e. The molecule has 1 fully saturated rings. The van der Waals surface area contributed by atoms with Crippen LogP contribution in [0, 0.1) is 13.8 Å². The Hall–Kier alpha value is -4.59. The highest BCUT2D eigenvalue weighted by molar-refractivity contribution is 6.51. The number of carbonyl (C=O) groups is 3. The summed E-state index contributed by atoms with van der Waals surface area (Å²) in [5.41, 5.74) is 3.07. The van der Waals surface area contributed by atoms with E-state index in [0.29, 0.717) is 33.9 Å². The SMILES string of the molecule is COC(=O)c1ccc(N2C(=O)C(=O)/C(=C(/O)c3cc(C)cc(C)c3OC)C2c2cccc(OC)c2)cc1. The highest BCUT2D eigenvalue weighted by Gasteiger charge is 2.47. The predicted octanol–water partition coefficient (Wildman–Crippen LogP) is 4.73. The van der Waals surface area contributed by atoms with Gasteiger partial charge in [0.2, 0.25) is 0 Å². The maximum absolute atomic E-state index is 13.5. The molecular formula is C29H27NO7. The van der Waals surface area contributed by atoms with Crippen molar-refractivity contribution in [3.8, 4) is 11.5 Å². The Labute approximate surface area is 214 Å². The molecule has 4 rings (SSSR count). The van der Waals surface area contributed by atoms with Crippen LogP contribution in [0.2, 0.25) is 0 Å². The fraction of sp³-hybridized carbons (Fsp3) is 0.207. The van der Waals surface area contributed by atoms with E-state index in [9.17, 15) is 19.5 Å². The van der Waals surface area contributed by atoms with Gasteiger partial charge in [-0.3, -0.25) is 14.5 Å². The number of aryl methyl sites for hydroxylation is 2. The van der Waals surface area contributed by atoms with Gasteiger partial charge in [0.15, 0.2) is 0 Å². The number of hydrogen-bond donors (Lipinski definition) is 1. The Balaban J connectivity index is 1.97. The van der Waals surface area contributed by atoms with Crippen molar-refractivity contribution in [1.29, 1.82) is 0 Å². The summed E-state index contributed by atoms with van der Waals surface area (Å²) in [6, 6.07) is 15.7. The van der Waals surface area contributed by atoms with Crippen LogP contribution in [-0.2, 0) is 14.3 Å². The van der Waals surface area contributed by atoms with Crippen LogP contribution in [0.5, 0.6) is 11.5 Å². The molecule has 1 heterocycles. The summed E-state index contributed by atoms with van der Waals surface area (Å²) in [5, 5.41) is 11.5. The monoisotopic (exact) mass is 501 g/mol. The molecule has 190 valence electrons. The number of anilines is 1. The number of benzene rings is 3. The molecule has 0 saturated carbocycles. The zero-order chi connectivity index (χ0) is 26.9. The average molecular weight is 502 g/mol. The van der Waals surface area contributed by atoms with E-state index in [2.05, 4.69) is 0 Å². The molecule has 1 amide bonds. The number of aliphatic hydroxyl groups excluding tert-OH is 1. The third-order valence-electron chi connectivity index (χ3n) is 6.30. The van der Waals surface area contributed by atoms with Gasteiger partial charge in [-0.1, -0.05) is 18.2 Å². The zero-order valence-corrected chi connectivity index (χ0v) is 21.2. The van der Waals surface area contributed by atoms with E-state index in [1.54, 1.807) is 42.5 Å². The van der Waals surface area contributed by atoms with Crippen molar-refractivity contribution in [1.82, 2.24) is 0 Å². The van der Waals surface area contributed by atoms with Crippen LogP contribution in [-0.4, -0.2) is 44.1 Å². The summed E-state index contributed by atoms with van der Waals surface area (Å²) in [5.74, 6) is -1.61. The molecule has 1 saturated heterocycles. The minimum Gasteiger partial charge on any atom is -0.507 e. The first-order valence-electron chi connectivity index (χ1n) is 11.5. The molecule has 0 radical (unpaired) electrons. The van der Waals surface area contributed by atoms with Gasteiger partial charge in [-0.15, -0.1) is 0 Å². The van der Waals surface area contributed by atoms with Crippen molar-refractivity contribution in [3.63, 3.8) is 0 Å². The van der Waals surface area contributed by atoms with Gasteiger partial charge >= 0.3 is 5.97 Å². The first-order valence-corrected chi connectivity index (χ1v) is 11.5. The quantitative estimate of drug-likeness (QED) is 0.225. The van der Waals surface area contributed by atoms with Crippen LogP contribution in [0.1, 0.15) is 38.7 Å². The summed E-state index contributed by atoms with van der Waals surface area (Å²) in [4.78, 5) is 40.1. The third kappa shape index (κ3) is 4.53. The number of hydrogen-bond acceptors (Lipinski definition) is 7. The molecule has 3 aromatic carbocycles. The molecule has 8 nitrogen and oxygen atoms in total. The van der Waals surface area contributed by atoms with Gasteiger partial charge in [0, 0.05) is 5.69 Å². The second-order valence-electron chi connectivity index (χ2n) is 8.65. The van der Waals surface area contributed by atoms with Gasteiger partial charge in [-0.2, -0.15) is 0 Å². The van der Waals surface area contributed by atoms with Gasteiger partial charge in [0.1, 0.15) is 17.3 Å². The van der Waals surface area contributed by atoms with Crippen LogP contribution in [0.4, 0.5) is 5.69 Å². The summed E-state index contributed by atoms with van der Waals surface area (Å²) >= 11 is 0. The lowest BCUT2D eigenvalue weighted by atomic mass is 9.93. The van der Waals surface area contributed by atoms with Crippen LogP contribution >= 0.6 is 0 Å². The third-order valence-corrected chi connectivity index (χ3v) is 6.30. The summed E-state index contributed by atoms with van der Waals surface area (Å²) < 4.78 is 15.7. The molecule has 1 aliphatic heterocycles. The molecule has 0 bridgehead atoms. The fourth-order valence-corrected chi connectivity index (χ4v) is 4.65. The molecule has 8 heteroatoms. The second kappa shape index (κ2) is 10.2. The number of Topliss-reactive ketones (excluding diaryl/α,β-unsaturated/α-hetero) is 1. The molecule has 37 heavy (non-hydrogen) atoms. The van der Waals surface area contributed by atoms with Crippen molar-refractivity contribution in [3.05, 3.63) is 94.1 Å². The van der Waals surface area contributed by atoms with Crippen LogP contribution in [0.15, 0.2) is 66.2 Å². The number of aliphatic hydroxyl groups is 1. The van der Waals surface area contributed by atoms with Crippen molar-refractivity contribution >= 4 is 29.1 Å². The molecule has 3 aromatic rings. The highest BCUT2D eigenvalue weighted by Crippen LogP contribution is 2.44. The maximum atomic E-state index is 13.5. The number of carbonyl (C=O) groups excluding carboxylic acids is 3. The van der Waals surface area contributed by atoms with Crippen molar-refractivity contribution < 1.29 is 33.7 Å². The zero-order valence-electron chi connectivity index (χ0n) is 21.2. The molecule has 0 aliphatic carbocycles. The van der Waals surface area contributed by atoms with Gasteiger partial charge in [-0.25, -0.2) is 4.79 Å². The summed E-state index contributed by atoms with van der Waals surface area (Å²) in [6.45, 7) is 3.70. The lowest BCUT2D eigenvalue weighted by Gasteiger charge is -2.26. The van der Waals surface area contributed by atoms with Crippen LogP contribution in [0.25, 0.3) is 5.76 Å². The van der Waals surface area contributed by atoms with Gasteiger partial charge in [0.25, 0.3) is 11.7 Å². The van der Waals surface area contributed by atoms with E-state index in [1.165, 1.54) is 38.4 Å². The first kappa shape index (κ1) is 25.5. The summed E-state index contributed by atoms with van der Waals surface area (Å²) in [6.07, 6.45) is 0. The predicted molar refractivity (Wildman–Crippen MR) is 138 cm³/mol. The van der Waals surface area contributed by atoms with Crippen LogP contribution < -0.4 is 14.4 Å². The molecule has 1 atom stereocenters. The lowest BCUT2D eigenvalue weighted by Crippen LogP contribution is -2.29. The Morgan fingerprint density at radius 3 is 2.24 bits per heavy atom. The van der Waals surface area contributed by atoms with Gasteiger partial charge in [0.05, 0.1) is 44.1 Å². The molecule has 1 N–H and O–H groups in total. The number of nitrogens with zero attached hydrogens (tertiary/aromatic N) is 1. The molecule has 1 aliphatic rings. The molecular weight excluding hydrogens is 474 g/mol. The van der Waals surface area contributed by atoms with Crippen molar-refractivity contribution in [2.24, 2.45) is 0 Å². The Morgan fingerprint density at radius 2 is 1.62 bits per heavy atom. The van der Waals surface area contributed by atoms with E-state index >= 15 is 0 Å². The number of rotatable bonds is 6. The van der Waals surface area contributed by atoms with Crippen molar-refractivity contribution in [2.45, 2.75) is 19.9 Å². The average Bonchev–Trinajstić information content (AvgIpc) is 3.17. The van der Waals surface area contributed by atoms with Crippen molar-refractivity contribution in [2.75, 3.05) is 26.2 Å². The van der Waals surface area contributed by atoms with E-state index < -0.39 is 23.7 Å². The number of ether oxygens (including phenoxy) is 3. The summed E-state index contributed by atoms with van der Waals surface area (Å²) in [7, 11) is 4.27. The first-order chi connectivity index (χ1) is 17.7. The number of amides is 1. The minimum atomic E-state index is -0.968. The van der Waals surface area contributed by atoms with Crippen LogP contribution in [0.3, 0.4) is 0 Å². The lowest BCUT2D eigenvalue weighted by molar-refractivity contribution is -0.132. The minimum absolute atomic E-state index is 0.0846. The van der Waals surface area contributed by atoms with Gasteiger partial charge in [-0.05, 0) is 73.0 Å². The molecule has 0 spiro atoms. The Morgan fingerprint density at radius 1 is 0.919 bits per heavy atom. The number of esters is 1. The van der Waals surface area contributed by atoms with Gasteiger partial charge < -0.3 is 19.3 Å². The standard InChI is InChI=1S/C29H27NO7/c1-16-13-17(2)27(36-4)22(14-16)25(31)23-24(19-7-6-8-21(15-19)35-3)30(28(33)26(23)32)20-11-9-18(10-12-20)29(34)37-5/h6-15,24,31H,1-5H3/b25-23+. The number of ketones is 1. The maximum Gasteiger partial charge on any atom is 0.337 e. The van der Waals surface area contributed by atoms with E-state index in [-0.39, 0.29) is 11.3 Å². The topological polar surface area (TPSA) is 102 Å². The number of methoxy groups -OCH3 is 3. The van der Waals surface area contributed by atoms with E-state index in [1.807, 2.05) is 19.9 Å². The largest absolute Gasteiger partial charge is 0.507 e. The fourth-order valence-electron chi connectivity index (χ4n) is 4.65.